The Labute approximate surface area is 195 Å². The summed E-state index contributed by atoms with van der Waals surface area (Å²) in [6.07, 6.45) is 4.67. The van der Waals surface area contributed by atoms with Crippen LogP contribution in [0.3, 0.4) is 0 Å². The van der Waals surface area contributed by atoms with Gasteiger partial charge in [-0.05, 0) is 54.7 Å². The number of nitrogens with two attached hydrogens (primary N) is 1. The van der Waals surface area contributed by atoms with E-state index in [1.54, 1.807) is 12.4 Å². The van der Waals surface area contributed by atoms with Gasteiger partial charge in [0.25, 0.3) is 0 Å². The number of imidazole rings is 1. The van der Waals surface area contributed by atoms with Crippen molar-refractivity contribution in [1.82, 2.24) is 19.5 Å². The Bertz CT molecular complexity index is 1510. The molecule has 0 spiro atoms. The molecule has 5 rings (SSSR count). The number of benzene rings is 1. The first kappa shape index (κ1) is 21.1. The lowest BCUT2D eigenvalue weighted by Gasteiger charge is -2.13. The van der Waals surface area contributed by atoms with Crippen LogP contribution in [0, 0.1) is 22.7 Å². The molecule has 2 N–H and O–H groups in total. The summed E-state index contributed by atoms with van der Waals surface area (Å²) in [6, 6.07) is 15.7. The highest BCUT2D eigenvalue weighted by Gasteiger charge is 2.26. The molecular weight excluding hydrogens is 430 g/mol. The Kier molecular flexibility index (Phi) is 5.36. The molecule has 1 aliphatic carbocycles. The van der Waals surface area contributed by atoms with E-state index in [4.69, 9.17) is 20.7 Å². The maximum Gasteiger partial charge on any atom is 0.411 e. The lowest BCUT2D eigenvalue weighted by molar-refractivity contribution is 0.209. The van der Waals surface area contributed by atoms with E-state index in [0.717, 1.165) is 35.0 Å². The van der Waals surface area contributed by atoms with Crippen LogP contribution in [0.4, 0.5) is 4.79 Å². The van der Waals surface area contributed by atoms with Crippen molar-refractivity contribution in [2.24, 2.45) is 5.73 Å². The number of nitrogens with zero attached hydrogens (tertiary/aromatic N) is 6. The van der Waals surface area contributed by atoms with E-state index in [-0.39, 0.29) is 11.4 Å². The highest BCUT2D eigenvalue weighted by molar-refractivity contribution is 5.83. The molecule has 1 saturated carbocycles. The average molecular weight is 449 g/mol. The molecular formula is C25H19N7O2. The summed E-state index contributed by atoms with van der Waals surface area (Å²) in [6.45, 7) is 0.576. The van der Waals surface area contributed by atoms with Crippen LogP contribution < -0.4 is 10.5 Å². The zero-order valence-corrected chi connectivity index (χ0v) is 18.1. The predicted octanol–water partition coefficient (Wildman–Crippen LogP) is 4.28. The molecule has 4 aromatic rings. The number of nitriles is 2. The molecule has 0 bridgehead atoms. The fourth-order valence-electron chi connectivity index (χ4n) is 4.01. The first-order valence-electron chi connectivity index (χ1n) is 10.8. The molecule has 0 unspecified atom stereocenters. The molecule has 3 aromatic heterocycles. The fourth-order valence-corrected chi connectivity index (χ4v) is 4.01. The van der Waals surface area contributed by atoms with Gasteiger partial charge >= 0.3 is 6.09 Å². The van der Waals surface area contributed by atoms with E-state index in [1.807, 2.05) is 34.9 Å². The van der Waals surface area contributed by atoms with Crippen molar-refractivity contribution in [3.05, 3.63) is 60.0 Å². The minimum absolute atomic E-state index is 0.0513. The number of aryl methyl sites for hydroxylation is 1. The minimum atomic E-state index is -1.01. The molecule has 166 valence electrons. The third-order valence-electron chi connectivity index (χ3n) is 5.77. The van der Waals surface area contributed by atoms with E-state index in [0.29, 0.717) is 35.8 Å². The Morgan fingerprint density at radius 1 is 1.15 bits per heavy atom. The van der Waals surface area contributed by atoms with Crippen molar-refractivity contribution in [3.63, 3.8) is 0 Å². The molecule has 0 saturated heterocycles. The number of hydrogen-bond donors (Lipinski definition) is 1. The van der Waals surface area contributed by atoms with Gasteiger partial charge in [-0.3, -0.25) is 0 Å². The lowest BCUT2D eigenvalue weighted by Crippen LogP contribution is -2.17. The van der Waals surface area contributed by atoms with Crippen LogP contribution in [0.1, 0.15) is 36.3 Å². The molecule has 9 heteroatoms. The van der Waals surface area contributed by atoms with E-state index < -0.39 is 6.09 Å². The third kappa shape index (κ3) is 4.03. The van der Waals surface area contributed by atoms with Crippen molar-refractivity contribution in [1.29, 1.82) is 10.5 Å². The molecule has 3 heterocycles. The molecule has 34 heavy (non-hydrogen) atoms. The number of amides is 1. The molecule has 1 aliphatic rings. The van der Waals surface area contributed by atoms with Gasteiger partial charge in [-0.25, -0.2) is 19.7 Å². The second-order valence-corrected chi connectivity index (χ2v) is 8.07. The Hall–Kier alpha value is -4.76. The summed E-state index contributed by atoms with van der Waals surface area (Å²) in [5.74, 6) is 0.363. The summed E-state index contributed by atoms with van der Waals surface area (Å²) in [7, 11) is 0. The number of fused-ring (bicyclic) bond motifs is 1. The maximum atomic E-state index is 11.4. The van der Waals surface area contributed by atoms with Crippen LogP contribution in [-0.2, 0) is 6.54 Å². The molecule has 1 amide bonds. The zero-order chi connectivity index (χ0) is 23.7. The van der Waals surface area contributed by atoms with Gasteiger partial charge in [0.05, 0.1) is 52.4 Å². The quantitative estimate of drug-likeness (QED) is 0.462. The van der Waals surface area contributed by atoms with Crippen LogP contribution in [0.25, 0.3) is 33.5 Å². The van der Waals surface area contributed by atoms with Crippen molar-refractivity contribution in [2.75, 3.05) is 0 Å². The Balaban J connectivity index is 1.64. The highest BCUT2D eigenvalue weighted by atomic mass is 16.6. The van der Waals surface area contributed by atoms with E-state index >= 15 is 0 Å². The molecule has 1 aromatic carbocycles. The number of ether oxygens (including phenoxy) is 1. The summed E-state index contributed by atoms with van der Waals surface area (Å²) in [4.78, 5) is 24.9. The summed E-state index contributed by atoms with van der Waals surface area (Å²) in [5, 5.41) is 18.6. The highest BCUT2D eigenvalue weighted by Crippen LogP contribution is 2.43. The summed E-state index contributed by atoms with van der Waals surface area (Å²) in [5.41, 5.74) is 10.7. The smallest absolute Gasteiger partial charge is 0.391 e. The topological polar surface area (TPSA) is 144 Å². The van der Waals surface area contributed by atoms with Crippen LogP contribution >= 0.6 is 0 Å². The van der Waals surface area contributed by atoms with Crippen LogP contribution in [0.2, 0.25) is 0 Å². The monoisotopic (exact) mass is 449 g/mol. The molecule has 0 atom stereocenters. The van der Waals surface area contributed by atoms with Crippen molar-refractivity contribution in [2.45, 2.75) is 31.7 Å². The van der Waals surface area contributed by atoms with Gasteiger partial charge in [0.15, 0.2) is 0 Å². The van der Waals surface area contributed by atoms with Gasteiger partial charge < -0.3 is 15.0 Å². The number of hydrogen-bond acceptors (Lipinski definition) is 7. The fraction of sp³-hybridized carbons (Fsp3) is 0.200. The van der Waals surface area contributed by atoms with Crippen LogP contribution in [0.5, 0.6) is 5.88 Å². The molecule has 0 radical (unpaired) electrons. The SMILES string of the molecule is N#CCCn1cnc2cc(-c3cc(C4CC4)cc(-c4c(C#N)ccnc4OC(N)=O)n3)ccc21. The average Bonchev–Trinajstić information content (AvgIpc) is 3.62. The number of aromatic nitrogens is 4. The van der Waals surface area contributed by atoms with E-state index in [9.17, 15) is 10.1 Å². The minimum Gasteiger partial charge on any atom is -0.391 e. The van der Waals surface area contributed by atoms with Crippen LogP contribution in [-0.4, -0.2) is 25.6 Å². The van der Waals surface area contributed by atoms with Crippen molar-refractivity contribution >= 4 is 17.1 Å². The molecule has 0 aliphatic heterocycles. The number of carbonyl (C=O) groups is 1. The predicted molar refractivity (Wildman–Crippen MR) is 123 cm³/mol. The summed E-state index contributed by atoms with van der Waals surface area (Å²) >= 11 is 0. The van der Waals surface area contributed by atoms with E-state index in [1.165, 1.54) is 6.20 Å². The Morgan fingerprint density at radius 2 is 1.97 bits per heavy atom. The maximum absolute atomic E-state index is 11.4. The van der Waals surface area contributed by atoms with Gasteiger partial charge in [-0.15, -0.1) is 0 Å². The first-order valence-corrected chi connectivity index (χ1v) is 10.8. The Morgan fingerprint density at radius 3 is 2.71 bits per heavy atom. The second kappa shape index (κ2) is 8.64. The number of rotatable bonds is 6. The van der Waals surface area contributed by atoms with Gasteiger partial charge in [-0.1, -0.05) is 6.07 Å². The molecule has 1 fully saturated rings. The van der Waals surface area contributed by atoms with E-state index in [2.05, 4.69) is 22.1 Å². The van der Waals surface area contributed by atoms with Crippen molar-refractivity contribution in [3.8, 4) is 40.5 Å². The zero-order valence-electron chi connectivity index (χ0n) is 18.1. The van der Waals surface area contributed by atoms with Gasteiger partial charge in [0.1, 0.15) is 6.07 Å². The molecule has 9 nitrogen and oxygen atoms in total. The van der Waals surface area contributed by atoms with Gasteiger partial charge in [0, 0.05) is 18.3 Å². The number of primary amides is 1. The van der Waals surface area contributed by atoms with Crippen molar-refractivity contribution < 1.29 is 9.53 Å². The largest absolute Gasteiger partial charge is 0.411 e. The number of pyridine rings is 2. The normalized spacial score (nSPS) is 12.8. The summed E-state index contributed by atoms with van der Waals surface area (Å²) < 4.78 is 7.05. The second-order valence-electron chi connectivity index (χ2n) is 8.07. The standard InChI is InChI=1S/C25H19N7O2/c26-7-1-9-32-14-30-20-10-16(4-5-22(20)32)19-11-18(15-2-3-15)12-21(31-19)23-17(13-27)6-8-29-24(23)34-25(28)33/h4-6,8,10-12,14-15H,1-3,9H2,(H2,28,33). The third-order valence-corrected chi connectivity index (χ3v) is 5.77. The van der Waals surface area contributed by atoms with Gasteiger partial charge in [0.2, 0.25) is 5.88 Å². The van der Waals surface area contributed by atoms with Crippen LogP contribution in [0.15, 0.2) is 48.9 Å². The number of carbonyl (C=O) groups excluding carboxylic acids is 1. The van der Waals surface area contributed by atoms with Gasteiger partial charge in [-0.2, -0.15) is 10.5 Å². The lowest BCUT2D eigenvalue weighted by atomic mass is 10.0. The first-order chi connectivity index (χ1) is 16.6.